The van der Waals surface area contributed by atoms with Gasteiger partial charge in [0, 0.05) is 20.3 Å². The van der Waals surface area contributed by atoms with Crippen molar-refractivity contribution in [2.45, 2.75) is 32.6 Å². The van der Waals surface area contributed by atoms with E-state index in [2.05, 4.69) is 31.0 Å². The number of anilines is 1. The molecule has 0 fully saturated rings. The summed E-state index contributed by atoms with van der Waals surface area (Å²) in [5.41, 5.74) is 1.41. The first kappa shape index (κ1) is 11.0. The maximum atomic E-state index is 4.32. The highest BCUT2D eigenvalue weighted by molar-refractivity contribution is 5.40. The largest absolute Gasteiger partial charge is 0.363 e. The van der Waals surface area contributed by atoms with Gasteiger partial charge in [-0.15, -0.1) is 0 Å². The monoisotopic (exact) mass is 192 g/mol. The molecule has 0 saturated heterocycles. The molecule has 1 aromatic heterocycles. The third-order valence-electron chi connectivity index (χ3n) is 2.68. The molecule has 0 saturated carbocycles. The standard InChI is InChI=1S/C12H20N2/c1-5-10(6-2)11-7-8-13-12(9-11)14(3)4/h7-10H,5-6H2,1-4H3. The summed E-state index contributed by atoms with van der Waals surface area (Å²) in [5, 5.41) is 0. The minimum atomic E-state index is 0.678. The van der Waals surface area contributed by atoms with Crippen molar-refractivity contribution in [1.29, 1.82) is 0 Å². The second kappa shape index (κ2) is 4.99. The molecule has 14 heavy (non-hydrogen) atoms. The van der Waals surface area contributed by atoms with Crippen LogP contribution in [0.4, 0.5) is 5.82 Å². The first-order valence-electron chi connectivity index (χ1n) is 5.32. The van der Waals surface area contributed by atoms with E-state index in [-0.39, 0.29) is 0 Å². The van der Waals surface area contributed by atoms with E-state index in [0.717, 1.165) is 5.82 Å². The van der Waals surface area contributed by atoms with Crippen molar-refractivity contribution in [3.63, 3.8) is 0 Å². The predicted molar refractivity (Wildman–Crippen MR) is 61.9 cm³/mol. The summed E-state index contributed by atoms with van der Waals surface area (Å²) in [6.45, 7) is 4.48. The molecule has 1 heterocycles. The van der Waals surface area contributed by atoms with E-state index < -0.39 is 0 Å². The van der Waals surface area contributed by atoms with Gasteiger partial charge in [-0.2, -0.15) is 0 Å². The Kier molecular flexibility index (Phi) is 3.93. The molecule has 0 unspecified atom stereocenters. The van der Waals surface area contributed by atoms with Gasteiger partial charge in [0.15, 0.2) is 0 Å². The van der Waals surface area contributed by atoms with Gasteiger partial charge in [-0.25, -0.2) is 4.98 Å². The average molecular weight is 192 g/mol. The number of hydrogen-bond donors (Lipinski definition) is 0. The van der Waals surface area contributed by atoms with Crippen LogP contribution in [0.5, 0.6) is 0 Å². The number of rotatable bonds is 4. The van der Waals surface area contributed by atoms with Gasteiger partial charge in [0.2, 0.25) is 0 Å². The van der Waals surface area contributed by atoms with Crippen LogP contribution in [0.15, 0.2) is 18.3 Å². The van der Waals surface area contributed by atoms with Crippen molar-refractivity contribution in [3.8, 4) is 0 Å². The molecule has 0 aliphatic heterocycles. The van der Waals surface area contributed by atoms with Crippen LogP contribution in [0.2, 0.25) is 0 Å². The molecule has 0 aromatic carbocycles. The molecule has 78 valence electrons. The molecule has 0 atom stereocenters. The van der Waals surface area contributed by atoms with Crippen molar-refractivity contribution in [2.24, 2.45) is 0 Å². The molecule has 0 radical (unpaired) electrons. The summed E-state index contributed by atoms with van der Waals surface area (Å²) < 4.78 is 0. The fraction of sp³-hybridized carbons (Fsp3) is 0.583. The zero-order valence-electron chi connectivity index (χ0n) is 9.62. The first-order valence-corrected chi connectivity index (χ1v) is 5.32. The summed E-state index contributed by atoms with van der Waals surface area (Å²) in [6.07, 6.45) is 4.31. The summed E-state index contributed by atoms with van der Waals surface area (Å²) in [7, 11) is 4.05. The second-order valence-corrected chi connectivity index (χ2v) is 3.86. The van der Waals surface area contributed by atoms with Gasteiger partial charge in [-0.1, -0.05) is 13.8 Å². The minimum Gasteiger partial charge on any atom is -0.363 e. The van der Waals surface area contributed by atoms with Gasteiger partial charge in [-0.3, -0.25) is 0 Å². The highest BCUT2D eigenvalue weighted by atomic mass is 15.1. The molecule has 0 amide bonds. The lowest BCUT2D eigenvalue weighted by molar-refractivity contribution is 0.641. The van der Waals surface area contributed by atoms with E-state index in [4.69, 9.17) is 0 Å². The maximum Gasteiger partial charge on any atom is 0.128 e. The Labute approximate surface area is 87.0 Å². The number of pyridine rings is 1. The molecule has 0 aliphatic rings. The molecule has 1 aromatic rings. The number of nitrogens with zero attached hydrogens (tertiary/aromatic N) is 2. The van der Waals surface area contributed by atoms with Gasteiger partial charge in [0.1, 0.15) is 5.82 Å². The molecule has 2 nitrogen and oxygen atoms in total. The van der Waals surface area contributed by atoms with E-state index in [0.29, 0.717) is 5.92 Å². The maximum absolute atomic E-state index is 4.32. The van der Waals surface area contributed by atoms with E-state index in [1.807, 2.05) is 25.2 Å². The van der Waals surface area contributed by atoms with Crippen molar-refractivity contribution >= 4 is 5.82 Å². The van der Waals surface area contributed by atoms with E-state index in [1.54, 1.807) is 0 Å². The van der Waals surface area contributed by atoms with Crippen LogP contribution < -0.4 is 4.90 Å². The minimum absolute atomic E-state index is 0.678. The summed E-state index contributed by atoms with van der Waals surface area (Å²) >= 11 is 0. The van der Waals surface area contributed by atoms with Crippen LogP contribution in [0.3, 0.4) is 0 Å². The van der Waals surface area contributed by atoms with Crippen molar-refractivity contribution in [2.75, 3.05) is 19.0 Å². The molecule has 0 aliphatic carbocycles. The van der Waals surface area contributed by atoms with Crippen molar-refractivity contribution in [1.82, 2.24) is 4.98 Å². The number of aromatic nitrogens is 1. The predicted octanol–water partition coefficient (Wildman–Crippen LogP) is 3.05. The topological polar surface area (TPSA) is 16.1 Å². The van der Waals surface area contributed by atoms with Crippen LogP contribution in [0.1, 0.15) is 38.2 Å². The van der Waals surface area contributed by atoms with Crippen LogP contribution in [0, 0.1) is 0 Å². The molecular weight excluding hydrogens is 172 g/mol. The quantitative estimate of drug-likeness (QED) is 0.729. The third-order valence-corrected chi connectivity index (χ3v) is 2.68. The van der Waals surface area contributed by atoms with Crippen molar-refractivity contribution in [3.05, 3.63) is 23.9 Å². The number of hydrogen-bond acceptors (Lipinski definition) is 2. The van der Waals surface area contributed by atoms with Gasteiger partial charge in [0.25, 0.3) is 0 Å². The molecule has 2 heteroatoms. The third kappa shape index (κ3) is 2.47. The van der Waals surface area contributed by atoms with Crippen LogP contribution in [-0.4, -0.2) is 19.1 Å². The second-order valence-electron chi connectivity index (χ2n) is 3.86. The summed E-state index contributed by atoms with van der Waals surface area (Å²) in [6, 6.07) is 4.32. The Bertz CT molecular complexity index is 277. The zero-order valence-corrected chi connectivity index (χ0v) is 9.62. The fourth-order valence-electron chi connectivity index (χ4n) is 1.69. The summed E-state index contributed by atoms with van der Waals surface area (Å²) in [4.78, 5) is 6.36. The highest BCUT2D eigenvalue weighted by Crippen LogP contribution is 2.24. The normalized spacial score (nSPS) is 10.6. The zero-order chi connectivity index (χ0) is 10.6. The first-order chi connectivity index (χ1) is 6.69. The van der Waals surface area contributed by atoms with E-state index in [9.17, 15) is 0 Å². The molecule has 0 spiro atoms. The van der Waals surface area contributed by atoms with Gasteiger partial charge in [-0.05, 0) is 36.5 Å². The van der Waals surface area contributed by atoms with Gasteiger partial charge < -0.3 is 4.90 Å². The smallest absolute Gasteiger partial charge is 0.128 e. The van der Waals surface area contributed by atoms with E-state index >= 15 is 0 Å². The Balaban J connectivity index is 2.92. The Hall–Kier alpha value is -1.05. The summed E-state index contributed by atoms with van der Waals surface area (Å²) in [5.74, 6) is 1.73. The lowest BCUT2D eigenvalue weighted by Crippen LogP contribution is -2.11. The van der Waals surface area contributed by atoms with Crippen LogP contribution >= 0.6 is 0 Å². The Morgan fingerprint density at radius 1 is 1.29 bits per heavy atom. The Morgan fingerprint density at radius 3 is 2.43 bits per heavy atom. The van der Waals surface area contributed by atoms with Crippen molar-refractivity contribution < 1.29 is 0 Å². The molecule has 0 N–H and O–H groups in total. The SMILES string of the molecule is CCC(CC)c1ccnc(N(C)C)c1. The van der Waals surface area contributed by atoms with Crippen LogP contribution in [0.25, 0.3) is 0 Å². The fourth-order valence-corrected chi connectivity index (χ4v) is 1.69. The van der Waals surface area contributed by atoms with Crippen LogP contribution in [-0.2, 0) is 0 Å². The highest BCUT2D eigenvalue weighted by Gasteiger charge is 2.08. The van der Waals surface area contributed by atoms with E-state index in [1.165, 1.54) is 18.4 Å². The lowest BCUT2D eigenvalue weighted by Gasteiger charge is -2.16. The molecule has 0 bridgehead atoms. The molecular formula is C12H20N2. The van der Waals surface area contributed by atoms with Gasteiger partial charge >= 0.3 is 0 Å². The molecule has 1 rings (SSSR count). The lowest BCUT2D eigenvalue weighted by atomic mass is 9.95. The average Bonchev–Trinajstić information content (AvgIpc) is 2.20. The Morgan fingerprint density at radius 2 is 1.93 bits per heavy atom. The van der Waals surface area contributed by atoms with Gasteiger partial charge in [0.05, 0.1) is 0 Å².